The maximum absolute atomic E-state index is 12.7. The lowest BCUT2D eigenvalue weighted by Crippen LogP contribution is -2.44. The van der Waals surface area contributed by atoms with Crippen LogP contribution in [0.4, 0.5) is 5.69 Å². The Kier molecular flexibility index (Phi) is 5.92. The van der Waals surface area contributed by atoms with Crippen LogP contribution in [0.1, 0.15) is 34.3 Å². The fourth-order valence-electron chi connectivity index (χ4n) is 3.56. The summed E-state index contributed by atoms with van der Waals surface area (Å²) < 4.78 is 6.52. The lowest BCUT2D eigenvalue weighted by Gasteiger charge is -2.38. The Balaban J connectivity index is 1.83. The zero-order chi connectivity index (χ0) is 19.4. The second kappa shape index (κ2) is 8.19. The van der Waals surface area contributed by atoms with Crippen LogP contribution in [0.25, 0.3) is 0 Å². The van der Waals surface area contributed by atoms with Gasteiger partial charge in [-0.3, -0.25) is 14.9 Å². The third-order valence-corrected chi connectivity index (χ3v) is 5.71. The highest BCUT2D eigenvalue weighted by atomic mass is 79.9. The Bertz CT molecular complexity index is 863. The highest BCUT2D eigenvalue weighted by Crippen LogP contribution is 2.35. The van der Waals surface area contributed by atoms with E-state index in [-0.39, 0.29) is 17.0 Å². The molecule has 7 heteroatoms. The first-order valence-corrected chi connectivity index (χ1v) is 9.58. The van der Waals surface area contributed by atoms with Crippen LogP contribution in [0.5, 0.6) is 0 Å². The van der Waals surface area contributed by atoms with Gasteiger partial charge in [0.25, 0.3) is 11.6 Å². The lowest BCUT2D eigenvalue weighted by molar-refractivity contribution is -0.385. The summed E-state index contributed by atoms with van der Waals surface area (Å²) >= 11 is 3.52. The first-order valence-electron chi connectivity index (χ1n) is 8.79. The van der Waals surface area contributed by atoms with Gasteiger partial charge in [0.05, 0.1) is 4.92 Å². The number of benzene rings is 2. The molecule has 0 spiro atoms. The standard InChI is InChI=1S/C20H21BrN2O4/c1-14-17(6-3-7-18(14)23(25)26)19(24)22-13-20(8-10-27-11-9-20)15-4-2-5-16(21)12-15/h2-7,12H,8-11,13H2,1H3,(H,22,24). The monoisotopic (exact) mass is 432 g/mol. The van der Waals surface area contributed by atoms with Crippen molar-refractivity contribution in [2.24, 2.45) is 0 Å². The van der Waals surface area contributed by atoms with E-state index in [9.17, 15) is 14.9 Å². The first-order chi connectivity index (χ1) is 12.9. The molecule has 1 heterocycles. The maximum atomic E-state index is 12.7. The molecule has 3 rings (SSSR count). The van der Waals surface area contributed by atoms with Gasteiger partial charge in [0.1, 0.15) is 0 Å². The zero-order valence-corrected chi connectivity index (χ0v) is 16.6. The molecule has 1 saturated heterocycles. The minimum absolute atomic E-state index is 0.0459. The Hall–Kier alpha value is -2.25. The Morgan fingerprint density at radius 1 is 1.26 bits per heavy atom. The van der Waals surface area contributed by atoms with Crippen molar-refractivity contribution in [1.82, 2.24) is 5.32 Å². The molecule has 0 aliphatic carbocycles. The zero-order valence-electron chi connectivity index (χ0n) is 15.0. The molecule has 142 valence electrons. The predicted octanol–water partition coefficient (Wildman–Crippen LogP) is 4.14. The summed E-state index contributed by atoms with van der Waals surface area (Å²) in [6.45, 7) is 3.33. The fourth-order valence-corrected chi connectivity index (χ4v) is 3.96. The molecule has 6 nitrogen and oxygen atoms in total. The summed E-state index contributed by atoms with van der Waals surface area (Å²) in [5, 5.41) is 14.1. The molecule has 2 aromatic rings. The SMILES string of the molecule is Cc1c(C(=O)NCC2(c3cccc(Br)c3)CCOCC2)cccc1[N+](=O)[O-]. The molecule has 27 heavy (non-hydrogen) atoms. The highest BCUT2D eigenvalue weighted by molar-refractivity contribution is 9.10. The molecule has 0 unspecified atom stereocenters. The molecule has 0 radical (unpaired) electrons. The van der Waals surface area contributed by atoms with Crippen molar-refractivity contribution in [2.75, 3.05) is 19.8 Å². The average molecular weight is 433 g/mol. The van der Waals surface area contributed by atoms with Gasteiger partial charge < -0.3 is 10.1 Å². The van der Waals surface area contributed by atoms with Crippen LogP contribution in [0.3, 0.4) is 0 Å². The lowest BCUT2D eigenvalue weighted by atomic mass is 9.74. The third-order valence-electron chi connectivity index (χ3n) is 5.22. The molecule has 0 atom stereocenters. The van der Waals surface area contributed by atoms with E-state index in [1.807, 2.05) is 12.1 Å². The van der Waals surface area contributed by atoms with Gasteiger partial charge in [-0.25, -0.2) is 0 Å². The van der Waals surface area contributed by atoms with Crippen molar-refractivity contribution in [2.45, 2.75) is 25.2 Å². The molecule has 1 aliphatic heterocycles. The summed E-state index contributed by atoms with van der Waals surface area (Å²) in [6.07, 6.45) is 1.61. The quantitative estimate of drug-likeness (QED) is 0.568. The number of ether oxygens (including phenoxy) is 1. The number of nitro groups is 1. The predicted molar refractivity (Wildman–Crippen MR) is 106 cm³/mol. The number of nitrogens with zero attached hydrogens (tertiary/aromatic N) is 1. The number of nitro benzene ring substituents is 1. The van der Waals surface area contributed by atoms with Crippen LogP contribution in [-0.2, 0) is 10.2 Å². The van der Waals surface area contributed by atoms with Crippen LogP contribution in [0.2, 0.25) is 0 Å². The third kappa shape index (κ3) is 4.20. The van der Waals surface area contributed by atoms with E-state index in [1.165, 1.54) is 6.07 Å². The van der Waals surface area contributed by atoms with Crippen molar-refractivity contribution in [3.05, 3.63) is 73.7 Å². The largest absolute Gasteiger partial charge is 0.381 e. The van der Waals surface area contributed by atoms with Crippen molar-refractivity contribution in [1.29, 1.82) is 0 Å². The molecule has 1 aliphatic rings. The van der Waals surface area contributed by atoms with Gasteiger partial charge in [-0.1, -0.05) is 34.1 Å². The van der Waals surface area contributed by atoms with Crippen molar-refractivity contribution >= 4 is 27.5 Å². The number of carbonyl (C=O) groups is 1. The topological polar surface area (TPSA) is 81.5 Å². The van der Waals surface area contributed by atoms with E-state index in [2.05, 4.69) is 33.4 Å². The average Bonchev–Trinajstić information content (AvgIpc) is 2.67. The molecule has 0 bridgehead atoms. The van der Waals surface area contributed by atoms with Crippen LogP contribution < -0.4 is 5.32 Å². The number of halogens is 1. The van der Waals surface area contributed by atoms with Crippen LogP contribution in [0.15, 0.2) is 46.9 Å². The molecule has 1 N–H and O–H groups in total. The Morgan fingerprint density at radius 3 is 2.63 bits per heavy atom. The van der Waals surface area contributed by atoms with Gasteiger partial charge in [-0.15, -0.1) is 0 Å². The van der Waals surface area contributed by atoms with Gasteiger partial charge in [0, 0.05) is 46.8 Å². The van der Waals surface area contributed by atoms with E-state index < -0.39 is 4.92 Å². The molecule has 1 fully saturated rings. The second-order valence-electron chi connectivity index (χ2n) is 6.79. The molecular weight excluding hydrogens is 412 g/mol. The summed E-state index contributed by atoms with van der Waals surface area (Å²) in [4.78, 5) is 23.4. The molecule has 1 amide bonds. The number of hydrogen-bond donors (Lipinski definition) is 1. The van der Waals surface area contributed by atoms with Gasteiger partial charge in [0.2, 0.25) is 0 Å². The van der Waals surface area contributed by atoms with Gasteiger partial charge in [0.15, 0.2) is 0 Å². The highest BCUT2D eigenvalue weighted by Gasteiger charge is 2.35. The Labute approximate surface area is 166 Å². The number of hydrogen-bond acceptors (Lipinski definition) is 4. The van der Waals surface area contributed by atoms with Crippen molar-refractivity contribution in [3.8, 4) is 0 Å². The van der Waals surface area contributed by atoms with Crippen molar-refractivity contribution in [3.63, 3.8) is 0 Å². The van der Waals surface area contributed by atoms with Crippen LogP contribution >= 0.6 is 15.9 Å². The Morgan fingerprint density at radius 2 is 1.96 bits per heavy atom. The summed E-state index contributed by atoms with van der Waals surface area (Å²) in [6, 6.07) is 12.7. The van der Waals surface area contributed by atoms with E-state index in [0.717, 1.165) is 22.9 Å². The van der Waals surface area contributed by atoms with E-state index in [0.29, 0.717) is 30.9 Å². The first kappa shape index (κ1) is 19.5. The summed E-state index contributed by atoms with van der Waals surface area (Å²) in [5.41, 5.74) is 1.60. The van der Waals surface area contributed by atoms with E-state index in [1.54, 1.807) is 19.1 Å². The van der Waals surface area contributed by atoms with E-state index in [4.69, 9.17) is 4.74 Å². The van der Waals surface area contributed by atoms with E-state index >= 15 is 0 Å². The van der Waals surface area contributed by atoms with Gasteiger partial charge in [-0.2, -0.15) is 0 Å². The molecule has 0 saturated carbocycles. The van der Waals surface area contributed by atoms with Gasteiger partial charge in [-0.05, 0) is 43.5 Å². The summed E-state index contributed by atoms with van der Waals surface area (Å²) in [7, 11) is 0. The molecular formula is C20H21BrN2O4. The molecule has 2 aromatic carbocycles. The van der Waals surface area contributed by atoms with Crippen molar-refractivity contribution < 1.29 is 14.5 Å². The maximum Gasteiger partial charge on any atom is 0.273 e. The number of carbonyl (C=O) groups excluding carboxylic acids is 1. The smallest absolute Gasteiger partial charge is 0.273 e. The normalized spacial score (nSPS) is 15.9. The fraction of sp³-hybridized carbons (Fsp3) is 0.350. The van der Waals surface area contributed by atoms with Crippen LogP contribution in [-0.4, -0.2) is 30.6 Å². The summed E-state index contributed by atoms with van der Waals surface area (Å²) in [5.74, 6) is -0.294. The number of nitrogens with one attached hydrogen (secondary N) is 1. The number of amides is 1. The minimum Gasteiger partial charge on any atom is -0.381 e. The number of rotatable bonds is 5. The second-order valence-corrected chi connectivity index (χ2v) is 7.71. The van der Waals surface area contributed by atoms with Crippen LogP contribution in [0, 0.1) is 17.0 Å². The van der Waals surface area contributed by atoms with Gasteiger partial charge >= 0.3 is 0 Å². The molecule has 0 aromatic heterocycles. The minimum atomic E-state index is -0.465.